The number of imide groups is 1. The fraction of sp³-hybridized carbons (Fsp3) is 0.304. The van der Waals surface area contributed by atoms with Gasteiger partial charge >= 0.3 is 0 Å². The van der Waals surface area contributed by atoms with Crippen LogP contribution in [0.2, 0.25) is 5.02 Å². The zero-order valence-corrected chi connectivity index (χ0v) is 18.2. The van der Waals surface area contributed by atoms with E-state index in [1.54, 1.807) is 25.3 Å². The van der Waals surface area contributed by atoms with Crippen molar-refractivity contribution in [2.24, 2.45) is 0 Å². The number of amides is 2. The Kier molecular flexibility index (Phi) is 7.40. The van der Waals surface area contributed by atoms with Gasteiger partial charge in [-0.1, -0.05) is 67.7 Å². The van der Waals surface area contributed by atoms with Gasteiger partial charge in [-0.3, -0.25) is 14.5 Å². The van der Waals surface area contributed by atoms with E-state index in [2.05, 4.69) is 6.92 Å². The molecule has 0 N–H and O–H groups in total. The molecule has 0 fully saturated rings. The van der Waals surface area contributed by atoms with E-state index in [1.807, 2.05) is 30.3 Å². The number of nitrogens with zero attached hydrogens (tertiary/aromatic N) is 1. The Labute approximate surface area is 180 Å². The smallest absolute Gasteiger partial charge is 0.268 e. The fourth-order valence-corrected chi connectivity index (χ4v) is 4.39. The molecule has 0 atom stereocenters. The minimum Gasteiger partial charge on any atom is -0.496 e. The topological polar surface area (TPSA) is 46.6 Å². The van der Waals surface area contributed by atoms with Crippen LogP contribution in [0.15, 0.2) is 58.3 Å². The van der Waals surface area contributed by atoms with E-state index < -0.39 is 0 Å². The molecular formula is C23H24ClNO3S. The van der Waals surface area contributed by atoms with Crippen LogP contribution >= 0.6 is 23.4 Å². The number of unbranched alkanes of at least 4 members (excludes halogenated alkanes) is 3. The third kappa shape index (κ3) is 4.85. The van der Waals surface area contributed by atoms with Gasteiger partial charge in [0, 0.05) is 22.0 Å². The number of hydrogen-bond acceptors (Lipinski definition) is 4. The van der Waals surface area contributed by atoms with Crippen LogP contribution in [0.4, 0.5) is 0 Å². The summed E-state index contributed by atoms with van der Waals surface area (Å²) in [6, 6.07) is 14.6. The van der Waals surface area contributed by atoms with Crippen molar-refractivity contribution in [1.82, 2.24) is 4.90 Å². The number of halogens is 1. The number of carbonyl (C=O) groups is 2. The zero-order chi connectivity index (χ0) is 20.8. The molecule has 0 saturated carbocycles. The molecule has 2 aromatic carbocycles. The Balaban J connectivity index is 1.98. The molecule has 29 heavy (non-hydrogen) atoms. The molecule has 0 saturated heterocycles. The standard InChI is InChI=1S/C23H24ClNO3S/c1-3-4-5-8-15-25-22(26)20(18-9-6-7-10-19(18)28-2)21(23(25)27)29-17-13-11-16(24)12-14-17/h6-7,9-14H,3-5,8,15H2,1-2H3. The number of para-hydroxylation sites is 1. The number of methoxy groups -OCH3 is 1. The maximum Gasteiger partial charge on any atom is 0.268 e. The summed E-state index contributed by atoms with van der Waals surface area (Å²) in [7, 11) is 1.56. The van der Waals surface area contributed by atoms with Gasteiger partial charge in [-0.05, 0) is 36.8 Å². The number of thioether (sulfide) groups is 1. The zero-order valence-electron chi connectivity index (χ0n) is 16.6. The Morgan fingerprint density at radius 2 is 1.69 bits per heavy atom. The lowest BCUT2D eigenvalue weighted by atomic mass is 10.0. The van der Waals surface area contributed by atoms with Crippen molar-refractivity contribution in [2.75, 3.05) is 13.7 Å². The summed E-state index contributed by atoms with van der Waals surface area (Å²) in [6.07, 6.45) is 4.00. The number of benzene rings is 2. The number of carbonyl (C=O) groups excluding carboxylic acids is 2. The van der Waals surface area contributed by atoms with Gasteiger partial charge in [0.15, 0.2) is 0 Å². The Bertz CT molecular complexity index is 924. The number of rotatable bonds is 9. The summed E-state index contributed by atoms with van der Waals surface area (Å²) < 4.78 is 5.46. The lowest BCUT2D eigenvalue weighted by molar-refractivity contribution is -0.136. The largest absolute Gasteiger partial charge is 0.496 e. The van der Waals surface area contributed by atoms with Crippen molar-refractivity contribution < 1.29 is 14.3 Å². The van der Waals surface area contributed by atoms with Crippen LogP contribution in [0.1, 0.15) is 38.2 Å². The first-order valence-electron chi connectivity index (χ1n) is 9.74. The molecule has 0 radical (unpaired) electrons. The molecule has 4 nitrogen and oxygen atoms in total. The summed E-state index contributed by atoms with van der Waals surface area (Å²) in [5, 5.41) is 0.625. The normalized spacial score (nSPS) is 14.1. The highest BCUT2D eigenvalue weighted by molar-refractivity contribution is 8.04. The second kappa shape index (κ2) is 9.99. The summed E-state index contributed by atoms with van der Waals surface area (Å²) in [5.41, 5.74) is 1.05. The molecule has 2 aromatic rings. The summed E-state index contributed by atoms with van der Waals surface area (Å²) in [4.78, 5) is 29.1. The molecule has 152 valence electrons. The van der Waals surface area contributed by atoms with E-state index in [0.717, 1.165) is 30.6 Å². The first-order chi connectivity index (χ1) is 14.1. The van der Waals surface area contributed by atoms with Crippen molar-refractivity contribution in [2.45, 2.75) is 37.5 Å². The second-order valence-electron chi connectivity index (χ2n) is 6.78. The van der Waals surface area contributed by atoms with Crippen molar-refractivity contribution in [1.29, 1.82) is 0 Å². The van der Waals surface area contributed by atoms with E-state index in [1.165, 1.54) is 16.7 Å². The molecule has 6 heteroatoms. The lowest BCUT2D eigenvalue weighted by Gasteiger charge is -2.15. The van der Waals surface area contributed by atoms with Crippen LogP contribution in [0.25, 0.3) is 5.57 Å². The SMILES string of the molecule is CCCCCCN1C(=O)C(Sc2ccc(Cl)cc2)=C(c2ccccc2OC)C1=O. The molecular weight excluding hydrogens is 406 g/mol. The van der Waals surface area contributed by atoms with Gasteiger partial charge in [-0.2, -0.15) is 0 Å². The predicted octanol–water partition coefficient (Wildman–Crippen LogP) is 5.80. The maximum atomic E-state index is 13.3. The van der Waals surface area contributed by atoms with Crippen molar-refractivity contribution in [3.63, 3.8) is 0 Å². The maximum absolute atomic E-state index is 13.3. The highest BCUT2D eigenvalue weighted by Crippen LogP contribution is 2.42. The molecule has 1 aliphatic rings. The van der Waals surface area contributed by atoms with Crippen LogP contribution < -0.4 is 4.74 Å². The number of ether oxygens (including phenoxy) is 1. The van der Waals surface area contributed by atoms with E-state index in [4.69, 9.17) is 16.3 Å². The molecule has 0 aromatic heterocycles. The minimum absolute atomic E-state index is 0.243. The van der Waals surface area contributed by atoms with Crippen molar-refractivity contribution in [3.8, 4) is 5.75 Å². The monoisotopic (exact) mass is 429 g/mol. The predicted molar refractivity (Wildman–Crippen MR) is 118 cm³/mol. The van der Waals surface area contributed by atoms with Gasteiger partial charge in [-0.25, -0.2) is 0 Å². The quantitative estimate of drug-likeness (QED) is 0.373. The van der Waals surface area contributed by atoms with Crippen LogP contribution in [0.3, 0.4) is 0 Å². The van der Waals surface area contributed by atoms with Crippen molar-refractivity contribution in [3.05, 3.63) is 64.0 Å². The average Bonchev–Trinajstić information content (AvgIpc) is 2.96. The van der Waals surface area contributed by atoms with E-state index in [-0.39, 0.29) is 11.8 Å². The summed E-state index contributed by atoms with van der Waals surface area (Å²) in [6.45, 7) is 2.56. The third-order valence-corrected chi connectivity index (χ3v) is 6.11. The molecule has 0 unspecified atom stereocenters. The van der Waals surface area contributed by atoms with Gasteiger partial charge in [0.05, 0.1) is 17.6 Å². The van der Waals surface area contributed by atoms with Crippen LogP contribution in [0.5, 0.6) is 5.75 Å². The second-order valence-corrected chi connectivity index (χ2v) is 8.30. The van der Waals surface area contributed by atoms with E-state index in [0.29, 0.717) is 33.4 Å². The van der Waals surface area contributed by atoms with Gasteiger partial charge in [0.1, 0.15) is 5.75 Å². The Morgan fingerprint density at radius 3 is 2.38 bits per heavy atom. The highest BCUT2D eigenvalue weighted by atomic mass is 35.5. The summed E-state index contributed by atoms with van der Waals surface area (Å²) >= 11 is 7.28. The number of hydrogen-bond donors (Lipinski definition) is 0. The first kappa shape index (κ1) is 21.5. The van der Waals surface area contributed by atoms with E-state index in [9.17, 15) is 9.59 Å². The third-order valence-electron chi connectivity index (χ3n) is 4.77. The molecule has 1 aliphatic heterocycles. The van der Waals surface area contributed by atoms with Crippen LogP contribution in [0, 0.1) is 0 Å². The first-order valence-corrected chi connectivity index (χ1v) is 10.9. The molecule has 1 heterocycles. The van der Waals surface area contributed by atoms with Gasteiger partial charge in [-0.15, -0.1) is 0 Å². The van der Waals surface area contributed by atoms with Crippen LogP contribution in [-0.2, 0) is 9.59 Å². The van der Waals surface area contributed by atoms with E-state index >= 15 is 0 Å². The Hall–Kier alpha value is -2.24. The minimum atomic E-state index is -0.257. The molecule has 3 rings (SSSR count). The molecule has 0 spiro atoms. The van der Waals surface area contributed by atoms with Gasteiger partial charge < -0.3 is 4.74 Å². The summed E-state index contributed by atoms with van der Waals surface area (Å²) in [5.74, 6) is 0.0745. The fourth-order valence-electron chi connectivity index (χ4n) is 3.26. The molecule has 0 aliphatic carbocycles. The molecule has 2 amide bonds. The Morgan fingerprint density at radius 1 is 0.966 bits per heavy atom. The lowest BCUT2D eigenvalue weighted by Crippen LogP contribution is -2.32. The average molecular weight is 430 g/mol. The highest BCUT2D eigenvalue weighted by Gasteiger charge is 2.40. The van der Waals surface area contributed by atoms with Crippen molar-refractivity contribution >= 4 is 40.8 Å². The van der Waals surface area contributed by atoms with Gasteiger partial charge in [0.25, 0.3) is 11.8 Å². The molecule has 0 bridgehead atoms. The van der Waals surface area contributed by atoms with Crippen LogP contribution in [-0.4, -0.2) is 30.4 Å². The van der Waals surface area contributed by atoms with Gasteiger partial charge in [0.2, 0.25) is 0 Å².